The molecule has 0 saturated heterocycles. The lowest BCUT2D eigenvalue weighted by Gasteiger charge is -2.31. The Morgan fingerprint density at radius 3 is 2.39 bits per heavy atom. The van der Waals surface area contributed by atoms with Crippen molar-refractivity contribution in [3.8, 4) is 0 Å². The minimum atomic E-state index is -0.884. The first-order chi connectivity index (χ1) is 18.0. The molecule has 0 aliphatic carbocycles. The average Bonchev–Trinajstić information content (AvgIpc) is 2.89. The van der Waals surface area contributed by atoms with Gasteiger partial charge in [-0.3, -0.25) is 9.59 Å². The van der Waals surface area contributed by atoms with Crippen molar-refractivity contribution in [2.45, 2.75) is 59.9 Å². The summed E-state index contributed by atoms with van der Waals surface area (Å²) in [5.41, 5.74) is 16.6. The van der Waals surface area contributed by atoms with Crippen LogP contribution in [0.1, 0.15) is 74.1 Å². The number of carbonyl (C=O) groups excluding carboxylic acids is 1. The summed E-state index contributed by atoms with van der Waals surface area (Å²) in [5.74, 6) is 4.86. The lowest BCUT2D eigenvalue weighted by atomic mass is 9.83. The van der Waals surface area contributed by atoms with Crippen molar-refractivity contribution in [3.05, 3.63) is 92.5 Å². The van der Waals surface area contributed by atoms with Crippen LogP contribution in [0.15, 0.2) is 42.5 Å². The van der Waals surface area contributed by atoms with E-state index >= 15 is 0 Å². The normalized spacial score (nSPS) is 13.7. The van der Waals surface area contributed by atoms with Crippen LogP contribution in [0.25, 0.3) is 0 Å². The molecular formula is C31H38N4O3. The molecule has 4 rings (SSSR count). The number of carboxylic acids is 1. The van der Waals surface area contributed by atoms with Gasteiger partial charge >= 0.3 is 5.97 Å². The lowest BCUT2D eigenvalue weighted by molar-refractivity contribution is -0.137. The van der Waals surface area contributed by atoms with E-state index in [-0.39, 0.29) is 18.2 Å². The van der Waals surface area contributed by atoms with Gasteiger partial charge in [-0.05, 0) is 97.7 Å². The molecule has 0 saturated carbocycles. The van der Waals surface area contributed by atoms with Crippen molar-refractivity contribution < 1.29 is 14.7 Å². The Hall–Kier alpha value is -3.84. The van der Waals surface area contributed by atoms with Crippen molar-refractivity contribution in [2.24, 2.45) is 5.84 Å². The molecule has 0 fully saturated rings. The predicted octanol–water partition coefficient (Wildman–Crippen LogP) is 5.01. The highest BCUT2D eigenvalue weighted by atomic mass is 16.4. The zero-order valence-electron chi connectivity index (χ0n) is 23.0. The van der Waals surface area contributed by atoms with E-state index in [0.29, 0.717) is 25.3 Å². The fraction of sp³-hybridized carbons (Fsp3) is 0.355. The first-order valence-electron chi connectivity index (χ1n) is 13.1. The van der Waals surface area contributed by atoms with E-state index in [9.17, 15) is 14.7 Å². The third kappa shape index (κ3) is 5.24. The van der Waals surface area contributed by atoms with Gasteiger partial charge in [0.2, 0.25) is 0 Å². The second kappa shape index (κ2) is 10.9. The monoisotopic (exact) mass is 514 g/mol. The van der Waals surface area contributed by atoms with Crippen LogP contribution in [0.5, 0.6) is 0 Å². The van der Waals surface area contributed by atoms with Gasteiger partial charge in [0.25, 0.3) is 5.91 Å². The van der Waals surface area contributed by atoms with E-state index in [0.717, 1.165) is 51.1 Å². The number of rotatable bonds is 7. The van der Waals surface area contributed by atoms with Crippen molar-refractivity contribution in [3.63, 3.8) is 0 Å². The smallest absolute Gasteiger partial charge is 0.304 e. The topological polar surface area (TPSA) is 113 Å². The molecule has 1 amide bonds. The number of carboxylic acid groups (broad SMARTS) is 1. The van der Waals surface area contributed by atoms with Gasteiger partial charge in [0.1, 0.15) is 0 Å². The molecule has 7 heteroatoms. The van der Waals surface area contributed by atoms with Gasteiger partial charge in [-0.2, -0.15) is 0 Å². The lowest BCUT2D eigenvalue weighted by Crippen LogP contribution is -2.36. The molecule has 0 bridgehead atoms. The number of benzene rings is 3. The van der Waals surface area contributed by atoms with Crippen LogP contribution in [0, 0.1) is 27.7 Å². The highest BCUT2D eigenvalue weighted by molar-refractivity contribution is 5.96. The van der Waals surface area contributed by atoms with Crippen LogP contribution in [0.2, 0.25) is 0 Å². The first-order valence-corrected chi connectivity index (χ1v) is 13.1. The molecule has 0 spiro atoms. The summed E-state index contributed by atoms with van der Waals surface area (Å²) in [5, 5.41) is 11.4. The maximum atomic E-state index is 13.5. The molecule has 200 valence electrons. The quantitative estimate of drug-likeness (QED) is 0.232. The fourth-order valence-corrected chi connectivity index (χ4v) is 5.44. The van der Waals surface area contributed by atoms with E-state index in [2.05, 4.69) is 25.1 Å². The van der Waals surface area contributed by atoms with Gasteiger partial charge in [-0.1, -0.05) is 30.3 Å². The molecule has 7 nitrogen and oxygen atoms in total. The van der Waals surface area contributed by atoms with Crippen LogP contribution < -0.4 is 16.6 Å². The van der Waals surface area contributed by atoms with E-state index in [1.165, 1.54) is 11.1 Å². The fourth-order valence-electron chi connectivity index (χ4n) is 5.44. The molecule has 1 aliphatic heterocycles. The number of carbonyl (C=O) groups is 2. The van der Waals surface area contributed by atoms with Crippen molar-refractivity contribution in [2.75, 3.05) is 23.8 Å². The molecule has 1 aliphatic rings. The third-order valence-electron chi connectivity index (χ3n) is 7.94. The highest BCUT2D eigenvalue weighted by Gasteiger charge is 2.27. The minimum absolute atomic E-state index is 0.0326. The number of nitrogens with zero attached hydrogens (tertiary/aromatic N) is 2. The second-order valence-electron chi connectivity index (χ2n) is 10.4. The Bertz CT molecular complexity index is 1400. The minimum Gasteiger partial charge on any atom is -0.481 e. The summed E-state index contributed by atoms with van der Waals surface area (Å²) in [7, 11) is 0. The summed E-state index contributed by atoms with van der Waals surface area (Å²) < 4.78 is 0. The largest absolute Gasteiger partial charge is 0.481 e. The van der Waals surface area contributed by atoms with Crippen LogP contribution >= 0.6 is 0 Å². The number of anilines is 2. The molecule has 1 heterocycles. The summed E-state index contributed by atoms with van der Waals surface area (Å²) in [6, 6.07) is 14.0. The molecule has 0 radical (unpaired) electrons. The number of hydrazine groups is 1. The van der Waals surface area contributed by atoms with Crippen molar-refractivity contribution in [1.29, 1.82) is 0 Å². The van der Waals surface area contributed by atoms with Crippen molar-refractivity contribution in [1.82, 2.24) is 4.90 Å². The van der Waals surface area contributed by atoms with E-state index in [1.807, 2.05) is 56.9 Å². The van der Waals surface area contributed by atoms with Gasteiger partial charge in [0.05, 0.1) is 17.8 Å². The van der Waals surface area contributed by atoms with Crippen LogP contribution in [-0.4, -0.2) is 35.0 Å². The Kier molecular flexibility index (Phi) is 7.78. The van der Waals surface area contributed by atoms with Gasteiger partial charge in [0, 0.05) is 31.1 Å². The van der Waals surface area contributed by atoms with Crippen LogP contribution in [-0.2, 0) is 17.8 Å². The maximum absolute atomic E-state index is 13.5. The number of hydrogen-bond acceptors (Lipinski definition) is 5. The van der Waals surface area contributed by atoms with Gasteiger partial charge < -0.3 is 20.7 Å². The summed E-state index contributed by atoms with van der Waals surface area (Å²) in [4.78, 5) is 27.3. The zero-order chi connectivity index (χ0) is 27.7. The van der Waals surface area contributed by atoms with E-state index < -0.39 is 5.97 Å². The van der Waals surface area contributed by atoms with Gasteiger partial charge in [0.15, 0.2) is 0 Å². The maximum Gasteiger partial charge on any atom is 0.304 e. The highest BCUT2D eigenvalue weighted by Crippen LogP contribution is 2.37. The number of hydrogen-bond donors (Lipinski definition) is 3. The zero-order valence-corrected chi connectivity index (χ0v) is 23.0. The molecule has 1 unspecified atom stereocenters. The first kappa shape index (κ1) is 27.2. The number of nitrogen functional groups attached to an aromatic ring is 1. The van der Waals surface area contributed by atoms with Gasteiger partial charge in [-0.15, -0.1) is 0 Å². The summed E-state index contributed by atoms with van der Waals surface area (Å²) in [6.45, 7) is 11.7. The Labute approximate surface area is 225 Å². The number of fused-ring (bicyclic) bond motifs is 1. The third-order valence-corrected chi connectivity index (χ3v) is 7.94. The molecule has 3 aromatic carbocycles. The molecule has 38 heavy (non-hydrogen) atoms. The van der Waals surface area contributed by atoms with Crippen molar-refractivity contribution >= 4 is 23.3 Å². The Morgan fingerprint density at radius 1 is 1.00 bits per heavy atom. The summed E-state index contributed by atoms with van der Waals surface area (Å²) >= 11 is 0. The van der Waals surface area contributed by atoms with Crippen LogP contribution in [0.3, 0.4) is 0 Å². The van der Waals surface area contributed by atoms with Crippen LogP contribution in [0.4, 0.5) is 11.4 Å². The number of nitrogens with two attached hydrogens (primary N) is 2. The van der Waals surface area contributed by atoms with Gasteiger partial charge in [-0.25, -0.2) is 5.84 Å². The molecule has 5 N–H and O–H groups in total. The molecule has 3 aromatic rings. The second-order valence-corrected chi connectivity index (χ2v) is 10.4. The predicted molar refractivity (Wildman–Crippen MR) is 152 cm³/mol. The number of aryl methyl sites for hydroxylation is 3. The summed E-state index contributed by atoms with van der Waals surface area (Å²) in [6.07, 6.45) is 0.696. The Balaban J connectivity index is 1.68. The Morgan fingerprint density at radius 2 is 1.71 bits per heavy atom. The number of amides is 1. The SMILES string of the molecule is CCN(N)c1ccc(C(CC(=O)O)c2ccc3c(c2)CN(C(=O)c2cc(C)c(C)cc2C)CC3)c(C)c1N. The molecule has 0 aromatic heterocycles. The average molecular weight is 515 g/mol. The van der Waals surface area contributed by atoms with E-state index in [4.69, 9.17) is 11.6 Å². The standard InChI is InChI=1S/C31H38N4O3/c1-6-35(33)28-10-9-25(21(5)30(28)32)27(16-29(36)37)23-8-7-22-11-12-34(17-24(22)15-23)31(38)26-14-19(3)18(2)13-20(26)4/h7-10,13-15,27H,6,11-12,16-17,32-33H2,1-5H3,(H,36,37). The van der Waals surface area contributed by atoms with E-state index in [1.54, 1.807) is 5.01 Å². The molecule has 1 atom stereocenters. The molecular weight excluding hydrogens is 476 g/mol. The number of aliphatic carboxylic acids is 1.